The van der Waals surface area contributed by atoms with E-state index in [-0.39, 0.29) is 10.9 Å². The molecule has 0 bridgehead atoms. The van der Waals surface area contributed by atoms with Crippen LogP contribution in [0.5, 0.6) is 0 Å². The highest BCUT2D eigenvalue weighted by Crippen LogP contribution is 2.41. The third-order valence-corrected chi connectivity index (χ3v) is 5.79. The van der Waals surface area contributed by atoms with Gasteiger partial charge in [0.15, 0.2) is 0 Å². The molecule has 0 unspecified atom stereocenters. The molecule has 0 radical (unpaired) electrons. The summed E-state index contributed by atoms with van der Waals surface area (Å²) in [6, 6.07) is 21.1. The maximum atomic E-state index is 13.8. The molecule has 2 heterocycles. The lowest BCUT2D eigenvalue weighted by molar-refractivity contribution is -0.136. The fourth-order valence-corrected chi connectivity index (χ4v) is 4.45. The van der Waals surface area contributed by atoms with Gasteiger partial charge in [0, 0.05) is 27.1 Å². The third kappa shape index (κ3) is 2.69. The maximum Gasteiger partial charge on any atom is 0.417 e. The summed E-state index contributed by atoms with van der Waals surface area (Å²) in [4.78, 5) is 9.08. The van der Waals surface area contributed by atoms with Crippen LogP contribution in [0.15, 0.2) is 77.2 Å². The van der Waals surface area contributed by atoms with Crippen molar-refractivity contribution in [2.75, 3.05) is 0 Å². The van der Waals surface area contributed by atoms with Gasteiger partial charge >= 0.3 is 6.18 Å². The van der Waals surface area contributed by atoms with Gasteiger partial charge in [0.25, 0.3) is 0 Å². The van der Waals surface area contributed by atoms with Crippen molar-refractivity contribution in [3.05, 3.63) is 84.2 Å². The summed E-state index contributed by atoms with van der Waals surface area (Å²) in [6.07, 6.45) is -4.49. The number of alkyl halides is 3. The summed E-state index contributed by atoms with van der Waals surface area (Å²) in [5.74, 6) is 0.394. The van der Waals surface area contributed by atoms with Gasteiger partial charge in [-0.15, -0.1) is 0 Å². The van der Waals surface area contributed by atoms with Crippen molar-refractivity contribution in [2.24, 2.45) is 0 Å². The van der Waals surface area contributed by atoms with E-state index in [0.29, 0.717) is 27.9 Å². The number of furan rings is 1. The average Bonchev–Trinajstić information content (AvgIpc) is 3.16. The van der Waals surface area contributed by atoms with E-state index in [1.54, 1.807) is 25.1 Å². The molecule has 6 heteroatoms. The number of aryl methyl sites for hydroxylation is 1. The zero-order valence-corrected chi connectivity index (χ0v) is 16.9. The van der Waals surface area contributed by atoms with Crippen molar-refractivity contribution in [3.8, 4) is 11.3 Å². The Bertz CT molecular complexity index is 1680. The highest BCUT2D eigenvalue weighted by molar-refractivity contribution is 6.15. The first-order valence-electron chi connectivity index (χ1n) is 10.1. The molecule has 0 fully saturated rings. The molecule has 0 atom stereocenters. The first kappa shape index (κ1) is 18.8. The van der Waals surface area contributed by atoms with Crippen molar-refractivity contribution in [1.82, 2.24) is 9.97 Å². The summed E-state index contributed by atoms with van der Waals surface area (Å²) in [5.41, 5.74) is 2.25. The van der Waals surface area contributed by atoms with Crippen LogP contribution in [0.4, 0.5) is 13.2 Å². The molecule has 0 saturated heterocycles. The second-order valence-corrected chi connectivity index (χ2v) is 7.76. The van der Waals surface area contributed by atoms with Crippen LogP contribution in [-0.2, 0) is 6.18 Å². The standard InChI is InChI=1S/C26H15F3N2O/c1-14-30-23(19-9-5-8-17-16-7-2-3-11-21(16)32-25(17)19)18-13-12-15-6-4-10-20(26(27,28)29)22(15)24(18)31-14/h2-13H,1H3. The van der Waals surface area contributed by atoms with Gasteiger partial charge in [0.05, 0.1) is 16.8 Å². The van der Waals surface area contributed by atoms with Crippen molar-refractivity contribution in [1.29, 1.82) is 0 Å². The van der Waals surface area contributed by atoms with Crippen LogP contribution >= 0.6 is 0 Å². The van der Waals surface area contributed by atoms with Gasteiger partial charge < -0.3 is 4.42 Å². The lowest BCUT2D eigenvalue weighted by Crippen LogP contribution is -2.06. The summed E-state index contributed by atoms with van der Waals surface area (Å²) in [7, 11) is 0. The zero-order chi connectivity index (χ0) is 22.0. The van der Waals surface area contributed by atoms with Crippen LogP contribution in [0.25, 0.3) is 54.9 Å². The number of rotatable bonds is 1. The molecule has 0 aliphatic heterocycles. The molecule has 2 aromatic heterocycles. The fourth-order valence-electron chi connectivity index (χ4n) is 4.45. The maximum absolute atomic E-state index is 13.8. The van der Waals surface area contributed by atoms with Crippen LogP contribution in [0.2, 0.25) is 0 Å². The number of aromatic nitrogens is 2. The van der Waals surface area contributed by atoms with Crippen molar-refractivity contribution in [2.45, 2.75) is 13.1 Å². The molecule has 0 amide bonds. The molecular formula is C26H15F3N2O. The normalized spacial score (nSPS) is 12.4. The molecule has 6 aromatic rings. The lowest BCUT2D eigenvalue weighted by Gasteiger charge is -2.14. The monoisotopic (exact) mass is 428 g/mol. The van der Waals surface area contributed by atoms with Crippen LogP contribution in [0, 0.1) is 6.92 Å². The molecule has 32 heavy (non-hydrogen) atoms. The van der Waals surface area contributed by atoms with Crippen LogP contribution in [0.1, 0.15) is 11.4 Å². The van der Waals surface area contributed by atoms with Gasteiger partial charge in [-0.2, -0.15) is 13.2 Å². The first-order valence-corrected chi connectivity index (χ1v) is 10.1. The van der Waals surface area contributed by atoms with Crippen molar-refractivity contribution < 1.29 is 17.6 Å². The molecule has 6 rings (SSSR count). The van der Waals surface area contributed by atoms with Crippen LogP contribution in [0.3, 0.4) is 0 Å². The molecule has 156 valence electrons. The minimum absolute atomic E-state index is 0.0843. The van der Waals surface area contributed by atoms with Gasteiger partial charge in [-0.1, -0.05) is 48.5 Å². The smallest absolute Gasteiger partial charge is 0.417 e. The highest BCUT2D eigenvalue weighted by atomic mass is 19.4. The largest absolute Gasteiger partial charge is 0.455 e. The van der Waals surface area contributed by atoms with Crippen LogP contribution < -0.4 is 0 Å². The topological polar surface area (TPSA) is 38.9 Å². The first-order chi connectivity index (χ1) is 15.4. The molecule has 3 nitrogen and oxygen atoms in total. The molecule has 0 saturated carbocycles. The fraction of sp³-hybridized carbons (Fsp3) is 0.0769. The van der Waals surface area contributed by atoms with Crippen LogP contribution in [-0.4, -0.2) is 9.97 Å². The third-order valence-electron chi connectivity index (χ3n) is 5.79. The second-order valence-electron chi connectivity index (χ2n) is 7.76. The Labute approximate surface area is 180 Å². The molecule has 0 aliphatic rings. The van der Waals surface area contributed by atoms with E-state index in [2.05, 4.69) is 9.97 Å². The SMILES string of the molecule is Cc1nc(-c2cccc3c2oc2ccccc23)c2ccc3cccc(C(F)(F)F)c3c2n1. The molecule has 4 aromatic carbocycles. The molecule has 0 aliphatic carbocycles. The van der Waals surface area contributed by atoms with Crippen molar-refractivity contribution >= 4 is 43.6 Å². The van der Waals surface area contributed by atoms with E-state index >= 15 is 0 Å². The Morgan fingerprint density at radius 3 is 2.38 bits per heavy atom. The Morgan fingerprint density at radius 2 is 1.53 bits per heavy atom. The second kappa shape index (κ2) is 6.53. The summed E-state index contributed by atoms with van der Waals surface area (Å²) >= 11 is 0. The van der Waals surface area contributed by atoms with Gasteiger partial charge in [-0.05, 0) is 36.6 Å². The zero-order valence-electron chi connectivity index (χ0n) is 16.9. The van der Waals surface area contributed by atoms with Gasteiger partial charge in [0.1, 0.15) is 17.0 Å². The number of benzene rings is 4. The highest BCUT2D eigenvalue weighted by Gasteiger charge is 2.33. The number of hydrogen-bond acceptors (Lipinski definition) is 3. The lowest BCUT2D eigenvalue weighted by atomic mass is 9.97. The number of nitrogens with zero attached hydrogens (tertiary/aromatic N) is 2. The summed E-state index contributed by atoms with van der Waals surface area (Å²) in [6.45, 7) is 1.69. The number of hydrogen-bond donors (Lipinski definition) is 0. The number of halogens is 3. The Balaban J connectivity index is 1.76. The predicted molar refractivity (Wildman–Crippen MR) is 119 cm³/mol. The molecular weight excluding hydrogens is 413 g/mol. The van der Waals surface area contributed by atoms with E-state index in [9.17, 15) is 13.2 Å². The number of para-hydroxylation sites is 2. The number of fused-ring (bicyclic) bond motifs is 6. The summed E-state index contributed by atoms with van der Waals surface area (Å²) < 4.78 is 47.7. The minimum Gasteiger partial charge on any atom is -0.455 e. The Kier molecular flexibility index (Phi) is 3.84. The van der Waals surface area contributed by atoms with Crippen molar-refractivity contribution in [3.63, 3.8) is 0 Å². The van der Waals surface area contributed by atoms with E-state index in [4.69, 9.17) is 4.42 Å². The van der Waals surface area contributed by atoms with Gasteiger partial charge in [0.2, 0.25) is 0 Å². The quantitative estimate of drug-likeness (QED) is 0.252. The van der Waals surface area contributed by atoms with Gasteiger partial charge in [-0.3, -0.25) is 0 Å². The summed E-state index contributed by atoms with van der Waals surface area (Å²) in [5, 5.41) is 3.02. The molecule has 0 N–H and O–H groups in total. The van der Waals surface area contributed by atoms with Gasteiger partial charge in [-0.25, -0.2) is 9.97 Å². The average molecular weight is 428 g/mol. The van der Waals surface area contributed by atoms with E-state index in [1.165, 1.54) is 6.07 Å². The molecule has 0 spiro atoms. The predicted octanol–water partition coefficient (Wildman–Crippen LogP) is 7.68. The minimum atomic E-state index is -4.49. The Hall–Kier alpha value is -3.93. The Morgan fingerprint density at radius 1 is 0.750 bits per heavy atom. The van der Waals surface area contributed by atoms with E-state index < -0.39 is 11.7 Å². The van der Waals surface area contributed by atoms with E-state index in [0.717, 1.165) is 28.0 Å². The van der Waals surface area contributed by atoms with E-state index in [1.807, 2.05) is 42.5 Å².